The van der Waals surface area contributed by atoms with Gasteiger partial charge >= 0.3 is 0 Å². The molecular formula is C19H23N5O2S. The molecule has 2 amide bonds. The van der Waals surface area contributed by atoms with Crippen LogP contribution in [0.3, 0.4) is 0 Å². The summed E-state index contributed by atoms with van der Waals surface area (Å²) in [5, 5.41) is 10.1. The summed E-state index contributed by atoms with van der Waals surface area (Å²) in [4.78, 5) is 31.2. The van der Waals surface area contributed by atoms with Crippen LogP contribution < -0.4 is 9.80 Å². The molecule has 2 aromatic rings. The lowest BCUT2D eigenvalue weighted by molar-refractivity contribution is -0.136. The lowest BCUT2D eigenvalue weighted by Gasteiger charge is -2.35. The number of benzene rings is 1. The minimum absolute atomic E-state index is 0.0279. The molecule has 0 bridgehead atoms. The van der Waals surface area contributed by atoms with E-state index in [-0.39, 0.29) is 17.7 Å². The Hall–Kier alpha value is -2.48. The van der Waals surface area contributed by atoms with Crippen LogP contribution in [0.5, 0.6) is 0 Å². The minimum Gasteiger partial charge on any atom is -0.343 e. The average molecular weight is 385 g/mol. The van der Waals surface area contributed by atoms with E-state index in [9.17, 15) is 9.59 Å². The van der Waals surface area contributed by atoms with Gasteiger partial charge in [0.05, 0.1) is 5.92 Å². The first-order chi connectivity index (χ1) is 13.0. The minimum atomic E-state index is -0.255. The lowest BCUT2D eigenvalue weighted by Crippen LogP contribution is -2.50. The molecule has 0 N–H and O–H groups in total. The van der Waals surface area contributed by atoms with Crippen LogP contribution in [0.25, 0.3) is 0 Å². The molecule has 0 saturated carbocycles. The van der Waals surface area contributed by atoms with Crippen molar-refractivity contribution >= 4 is 34.0 Å². The van der Waals surface area contributed by atoms with E-state index in [0.717, 1.165) is 34.5 Å². The molecule has 1 unspecified atom stereocenters. The van der Waals surface area contributed by atoms with Crippen molar-refractivity contribution in [2.75, 3.05) is 42.5 Å². The molecule has 0 spiro atoms. The first kappa shape index (κ1) is 17.9. The van der Waals surface area contributed by atoms with Gasteiger partial charge in [0.25, 0.3) is 0 Å². The Morgan fingerprint density at radius 1 is 1.07 bits per heavy atom. The molecule has 2 aliphatic rings. The molecule has 0 aliphatic carbocycles. The van der Waals surface area contributed by atoms with Crippen molar-refractivity contribution in [1.82, 2.24) is 15.1 Å². The molecule has 1 atom stereocenters. The number of hydrogen-bond acceptors (Lipinski definition) is 6. The third kappa shape index (κ3) is 3.66. The Morgan fingerprint density at radius 2 is 1.78 bits per heavy atom. The molecule has 0 radical (unpaired) electrons. The van der Waals surface area contributed by atoms with Crippen molar-refractivity contribution in [1.29, 1.82) is 0 Å². The van der Waals surface area contributed by atoms with Crippen LogP contribution in [0.4, 0.5) is 10.8 Å². The summed E-state index contributed by atoms with van der Waals surface area (Å²) < 4.78 is 0. The normalized spacial score (nSPS) is 20.4. The molecule has 1 aromatic heterocycles. The van der Waals surface area contributed by atoms with Gasteiger partial charge in [0, 0.05) is 44.8 Å². The van der Waals surface area contributed by atoms with Gasteiger partial charge in [0.1, 0.15) is 5.01 Å². The number of nitrogens with zero attached hydrogens (tertiary/aromatic N) is 5. The molecule has 2 aliphatic heterocycles. The first-order valence-electron chi connectivity index (χ1n) is 9.22. The van der Waals surface area contributed by atoms with E-state index < -0.39 is 0 Å². The number of piperazine rings is 1. The van der Waals surface area contributed by atoms with Crippen LogP contribution in [-0.2, 0) is 9.59 Å². The molecule has 4 rings (SSSR count). The van der Waals surface area contributed by atoms with Gasteiger partial charge in [-0.3, -0.25) is 9.59 Å². The standard InChI is InChI=1S/C19H23N5O2S/c1-13-3-5-16(6-4-13)24-12-15(11-17(24)25)18(26)22-7-9-23(10-8-22)19-21-20-14(2)27-19/h3-6,15H,7-12H2,1-2H3. The van der Waals surface area contributed by atoms with Crippen molar-refractivity contribution in [3.63, 3.8) is 0 Å². The van der Waals surface area contributed by atoms with E-state index in [2.05, 4.69) is 15.1 Å². The molecule has 8 heteroatoms. The molecule has 142 valence electrons. The average Bonchev–Trinajstić information content (AvgIpc) is 3.28. The van der Waals surface area contributed by atoms with Gasteiger partial charge < -0.3 is 14.7 Å². The Balaban J connectivity index is 1.36. The second kappa shape index (κ2) is 7.26. The Morgan fingerprint density at radius 3 is 2.41 bits per heavy atom. The second-order valence-electron chi connectivity index (χ2n) is 7.16. The van der Waals surface area contributed by atoms with E-state index in [0.29, 0.717) is 26.1 Å². The van der Waals surface area contributed by atoms with Crippen molar-refractivity contribution in [2.45, 2.75) is 20.3 Å². The van der Waals surface area contributed by atoms with Crippen molar-refractivity contribution < 1.29 is 9.59 Å². The topological polar surface area (TPSA) is 69.6 Å². The number of aromatic nitrogens is 2. The van der Waals surface area contributed by atoms with E-state index >= 15 is 0 Å². The number of carbonyl (C=O) groups excluding carboxylic acids is 2. The third-order valence-corrected chi connectivity index (χ3v) is 6.10. The van der Waals surface area contributed by atoms with Crippen LogP contribution in [0.1, 0.15) is 17.0 Å². The van der Waals surface area contributed by atoms with E-state index in [1.54, 1.807) is 16.2 Å². The molecule has 2 fully saturated rings. The monoisotopic (exact) mass is 385 g/mol. The number of hydrogen-bond donors (Lipinski definition) is 0. The van der Waals surface area contributed by atoms with Gasteiger partial charge in [-0.15, -0.1) is 10.2 Å². The summed E-state index contributed by atoms with van der Waals surface area (Å²) in [7, 11) is 0. The van der Waals surface area contributed by atoms with Crippen LogP contribution in [0, 0.1) is 19.8 Å². The van der Waals surface area contributed by atoms with Gasteiger partial charge in [0.2, 0.25) is 16.9 Å². The molecule has 7 nitrogen and oxygen atoms in total. The fourth-order valence-electron chi connectivity index (χ4n) is 3.64. The second-order valence-corrected chi connectivity index (χ2v) is 8.32. The van der Waals surface area contributed by atoms with Gasteiger partial charge in [-0.2, -0.15) is 0 Å². The quantitative estimate of drug-likeness (QED) is 0.807. The Kier molecular flexibility index (Phi) is 4.82. The molecular weight excluding hydrogens is 362 g/mol. The first-order valence-corrected chi connectivity index (χ1v) is 10.0. The van der Waals surface area contributed by atoms with Gasteiger partial charge in [-0.25, -0.2) is 0 Å². The van der Waals surface area contributed by atoms with Crippen LogP contribution in [0.2, 0.25) is 0 Å². The summed E-state index contributed by atoms with van der Waals surface area (Å²) in [6, 6.07) is 7.88. The Labute approximate surface area is 162 Å². The highest BCUT2D eigenvalue weighted by Gasteiger charge is 2.38. The van der Waals surface area contributed by atoms with Crippen molar-refractivity contribution in [3.05, 3.63) is 34.8 Å². The van der Waals surface area contributed by atoms with Crippen LogP contribution in [-0.4, -0.2) is 59.6 Å². The van der Waals surface area contributed by atoms with Crippen molar-refractivity contribution in [3.8, 4) is 0 Å². The maximum atomic E-state index is 12.9. The van der Waals surface area contributed by atoms with Crippen LogP contribution >= 0.6 is 11.3 Å². The largest absolute Gasteiger partial charge is 0.343 e. The lowest BCUT2D eigenvalue weighted by atomic mass is 10.1. The highest BCUT2D eigenvalue weighted by atomic mass is 32.1. The zero-order chi connectivity index (χ0) is 19.0. The fourth-order valence-corrected chi connectivity index (χ4v) is 4.38. The van der Waals surface area contributed by atoms with E-state index in [4.69, 9.17) is 0 Å². The third-order valence-electron chi connectivity index (χ3n) is 5.20. The molecule has 3 heterocycles. The van der Waals surface area contributed by atoms with Gasteiger partial charge in [0.15, 0.2) is 0 Å². The number of anilines is 2. The SMILES string of the molecule is Cc1ccc(N2CC(C(=O)N3CCN(c4nnc(C)s4)CC3)CC2=O)cc1. The highest BCUT2D eigenvalue weighted by molar-refractivity contribution is 7.15. The van der Waals surface area contributed by atoms with E-state index in [1.807, 2.05) is 43.0 Å². The number of aryl methyl sites for hydroxylation is 2. The summed E-state index contributed by atoms with van der Waals surface area (Å²) in [6.45, 7) is 7.25. The predicted molar refractivity (Wildman–Crippen MR) is 105 cm³/mol. The number of rotatable bonds is 3. The highest BCUT2D eigenvalue weighted by Crippen LogP contribution is 2.27. The maximum absolute atomic E-state index is 12.9. The number of carbonyl (C=O) groups is 2. The zero-order valence-corrected chi connectivity index (χ0v) is 16.4. The number of amides is 2. The van der Waals surface area contributed by atoms with Crippen LogP contribution in [0.15, 0.2) is 24.3 Å². The van der Waals surface area contributed by atoms with Gasteiger partial charge in [-0.1, -0.05) is 29.0 Å². The molecule has 27 heavy (non-hydrogen) atoms. The summed E-state index contributed by atoms with van der Waals surface area (Å²) >= 11 is 1.58. The molecule has 1 aromatic carbocycles. The smallest absolute Gasteiger partial charge is 0.228 e. The zero-order valence-electron chi connectivity index (χ0n) is 15.6. The summed E-state index contributed by atoms with van der Waals surface area (Å²) in [5.74, 6) is -0.139. The molecule has 2 saturated heterocycles. The fraction of sp³-hybridized carbons (Fsp3) is 0.474. The maximum Gasteiger partial charge on any atom is 0.228 e. The Bertz CT molecular complexity index is 842. The van der Waals surface area contributed by atoms with Crippen molar-refractivity contribution in [2.24, 2.45) is 5.92 Å². The van der Waals surface area contributed by atoms with Gasteiger partial charge in [-0.05, 0) is 26.0 Å². The predicted octanol–water partition coefficient (Wildman–Crippen LogP) is 1.86. The van der Waals surface area contributed by atoms with E-state index in [1.165, 1.54) is 0 Å². The summed E-state index contributed by atoms with van der Waals surface area (Å²) in [5.41, 5.74) is 2.03. The summed E-state index contributed by atoms with van der Waals surface area (Å²) in [6.07, 6.45) is 0.294.